The summed E-state index contributed by atoms with van der Waals surface area (Å²) >= 11 is 0. The highest BCUT2D eigenvalue weighted by atomic mass is 16.6. The molecular formula is C29H46N4O5. The van der Waals surface area contributed by atoms with Gasteiger partial charge in [-0.2, -0.15) is 0 Å². The molecule has 1 aliphatic carbocycles. The van der Waals surface area contributed by atoms with Crippen molar-refractivity contribution in [2.75, 3.05) is 0 Å². The Hall–Kier alpha value is -3.10. The van der Waals surface area contributed by atoms with Crippen LogP contribution < -0.4 is 16.4 Å². The molecule has 9 heteroatoms. The van der Waals surface area contributed by atoms with Crippen molar-refractivity contribution in [2.45, 2.75) is 123 Å². The Kier molecular flexibility index (Phi) is 11.2. The van der Waals surface area contributed by atoms with E-state index >= 15 is 0 Å². The summed E-state index contributed by atoms with van der Waals surface area (Å²) in [6.45, 7) is 12.7. The van der Waals surface area contributed by atoms with E-state index in [1.54, 1.807) is 20.8 Å². The fourth-order valence-electron chi connectivity index (χ4n) is 4.83. The van der Waals surface area contributed by atoms with Crippen LogP contribution in [0.3, 0.4) is 0 Å². The van der Waals surface area contributed by atoms with E-state index in [4.69, 9.17) is 10.5 Å². The van der Waals surface area contributed by atoms with Gasteiger partial charge in [0.15, 0.2) is 0 Å². The molecule has 4 N–H and O–H groups in total. The lowest BCUT2D eigenvalue weighted by Gasteiger charge is -2.39. The van der Waals surface area contributed by atoms with E-state index in [1.807, 2.05) is 45.9 Å². The minimum atomic E-state index is -1.29. The van der Waals surface area contributed by atoms with Crippen molar-refractivity contribution in [1.29, 1.82) is 0 Å². The Morgan fingerprint density at radius 2 is 1.74 bits per heavy atom. The molecule has 0 saturated heterocycles. The smallest absolute Gasteiger partial charge is 0.408 e. The predicted molar refractivity (Wildman–Crippen MR) is 147 cm³/mol. The zero-order valence-corrected chi connectivity index (χ0v) is 24.1. The van der Waals surface area contributed by atoms with Gasteiger partial charge in [0.05, 0.1) is 6.42 Å². The van der Waals surface area contributed by atoms with Gasteiger partial charge in [-0.15, -0.1) is 0 Å². The highest BCUT2D eigenvalue weighted by molar-refractivity contribution is 5.95. The number of benzene rings is 1. The number of hydrogen-bond acceptors (Lipinski definition) is 5. The number of alkyl carbamates (subject to hydrolysis) is 1. The summed E-state index contributed by atoms with van der Waals surface area (Å²) < 4.78 is 5.34. The van der Waals surface area contributed by atoms with Crippen LogP contribution in [-0.2, 0) is 19.1 Å². The summed E-state index contributed by atoms with van der Waals surface area (Å²) in [5.41, 5.74) is 7.21. The Balaban J connectivity index is 2.55. The fourth-order valence-corrected chi connectivity index (χ4v) is 4.83. The SMILES string of the molecule is CCC(C)N(C(=O)C(CC(N)=O)NC(=O)OC(C)(C)C)C(C(=O)NC1CCCCC1)c1cc(C)ccc1C. The zero-order valence-electron chi connectivity index (χ0n) is 24.1. The van der Waals surface area contributed by atoms with Crippen LogP contribution in [-0.4, -0.2) is 52.4 Å². The Morgan fingerprint density at radius 3 is 2.29 bits per heavy atom. The molecule has 0 radical (unpaired) electrons. The molecule has 1 saturated carbocycles. The van der Waals surface area contributed by atoms with Crippen molar-refractivity contribution < 1.29 is 23.9 Å². The first-order valence-corrected chi connectivity index (χ1v) is 13.7. The maximum atomic E-state index is 14.2. The minimum Gasteiger partial charge on any atom is -0.444 e. The molecule has 0 aliphatic heterocycles. The van der Waals surface area contributed by atoms with Gasteiger partial charge in [0.2, 0.25) is 17.7 Å². The van der Waals surface area contributed by atoms with Gasteiger partial charge >= 0.3 is 6.09 Å². The number of amides is 4. The third kappa shape index (κ3) is 9.03. The van der Waals surface area contributed by atoms with Gasteiger partial charge < -0.3 is 26.0 Å². The van der Waals surface area contributed by atoms with E-state index in [0.717, 1.165) is 43.2 Å². The molecule has 2 rings (SSSR count). The molecule has 0 bridgehead atoms. The zero-order chi connectivity index (χ0) is 28.6. The number of ether oxygens (including phenoxy) is 1. The van der Waals surface area contributed by atoms with E-state index in [0.29, 0.717) is 12.0 Å². The molecule has 1 fully saturated rings. The molecule has 0 heterocycles. The van der Waals surface area contributed by atoms with Gasteiger partial charge in [0.1, 0.15) is 17.7 Å². The molecule has 4 amide bonds. The summed E-state index contributed by atoms with van der Waals surface area (Å²) in [6.07, 6.45) is 4.33. The molecule has 3 atom stereocenters. The Bertz CT molecular complexity index is 997. The van der Waals surface area contributed by atoms with Crippen LogP contribution in [0.5, 0.6) is 0 Å². The molecule has 1 aliphatic rings. The van der Waals surface area contributed by atoms with Gasteiger partial charge in [-0.3, -0.25) is 14.4 Å². The minimum absolute atomic E-state index is 0.0408. The van der Waals surface area contributed by atoms with Crippen LogP contribution in [0.25, 0.3) is 0 Å². The number of aryl methyl sites for hydroxylation is 2. The lowest BCUT2D eigenvalue weighted by Crippen LogP contribution is -2.57. The second-order valence-corrected chi connectivity index (χ2v) is 11.5. The van der Waals surface area contributed by atoms with Crippen LogP contribution in [0.1, 0.15) is 102 Å². The quantitative estimate of drug-likeness (QED) is 0.417. The summed E-state index contributed by atoms with van der Waals surface area (Å²) in [4.78, 5) is 54.2. The molecule has 212 valence electrons. The van der Waals surface area contributed by atoms with Crippen LogP contribution >= 0.6 is 0 Å². The van der Waals surface area contributed by atoms with Crippen molar-refractivity contribution in [1.82, 2.24) is 15.5 Å². The topological polar surface area (TPSA) is 131 Å². The maximum Gasteiger partial charge on any atom is 0.408 e. The van der Waals surface area contributed by atoms with E-state index in [9.17, 15) is 19.2 Å². The summed E-state index contributed by atoms with van der Waals surface area (Å²) in [5, 5.41) is 5.73. The van der Waals surface area contributed by atoms with E-state index in [2.05, 4.69) is 10.6 Å². The van der Waals surface area contributed by atoms with E-state index in [1.165, 1.54) is 4.90 Å². The first kappa shape index (κ1) is 31.1. The van der Waals surface area contributed by atoms with Gasteiger partial charge in [0, 0.05) is 12.1 Å². The normalized spacial score (nSPS) is 16.6. The first-order valence-electron chi connectivity index (χ1n) is 13.7. The lowest BCUT2D eigenvalue weighted by molar-refractivity contribution is -0.146. The largest absolute Gasteiger partial charge is 0.444 e. The average molecular weight is 531 g/mol. The number of carbonyl (C=O) groups is 4. The van der Waals surface area contributed by atoms with Crippen LogP contribution in [0, 0.1) is 13.8 Å². The van der Waals surface area contributed by atoms with Crippen molar-refractivity contribution >= 4 is 23.8 Å². The Morgan fingerprint density at radius 1 is 1.11 bits per heavy atom. The van der Waals surface area contributed by atoms with Crippen LogP contribution in [0.2, 0.25) is 0 Å². The van der Waals surface area contributed by atoms with Gasteiger partial charge in [-0.1, -0.05) is 49.9 Å². The maximum absolute atomic E-state index is 14.2. The highest BCUT2D eigenvalue weighted by Gasteiger charge is 2.40. The average Bonchev–Trinajstić information content (AvgIpc) is 2.82. The third-order valence-corrected chi connectivity index (χ3v) is 6.92. The molecule has 38 heavy (non-hydrogen) atoms. The van der Waals surface area contributed by atoms with E-state index < -0.39 is 42.0 Å². The molecule has 0 aromatic heterocycles. The molecule has 1 aromatic carbocycles. The fraction of sp³-hybridized carbons (Fsp3) is 0.655. The Labute approximate surface area is 227 Å². The number of hydrogen-bond donors (Lipinski definition) is 3. The molecular weight excluding hydrogens is 484 g/mol. The summed E-state index contributed by atoms with van der Waals surface area (Å²) in [6, 6.07) is 3.25. The summed E-state index contributed by atoms with van der Waals surface area (Å²) in [5.74, 6) is -1.58. The van der Waals surface area contributed by atoms with Crippen molar-refractivity contribution in [3.63, 3.8) is 0 Å². The number of rotatable bonds is 10. The van der Waals surface area contributed by atoms with Gasteiger partial charge in [-0.05, 0) is 71.9 Å². The van der Waals surface area contributed by atoms with Crippen molar-refractivity contribution in [2.24, 2.45) is 5.73 Å². The number of nitrogens with two attached hydrogens (primary N) is 1. The monoisotopic (exact) mass is 530 g/mol. The molecule has 9 nitrogen and oxygen atoms in total. The highest BCUT2D eigenvalue weighted by Crippen LogP contribution is 2.30. The number of nitrogens with one attached hydrogen (secondary N) is 2. The second kappa shape index (κ2) is 13.6. The second-order valence-electron chi connectivity index (χ2n) is 11.5. The standard InChI is InChI=1S/C29H46N4O5/c1-8-20(4)33(27(36)23(17-24(30)34)32-28(37)38-29(5,6)7)25(22-16-18(2)14-15-19(22)3)26(35)31-21-12-10-9-11-13-21/h14-16,20-21,23,25H,8-13,17H2,1-7H3,(H2,30,34)(H,31,35)(H,32,37). The third-order valence-electron chi connectivity index (χ3n) is 6.92. The van der Waals surface area contributed by atoms with Gasteiger partial charge in [0.25, 0.3) is 0 Å². The predicted octanol–water partition coefficient (Wildman–Crippen LogP) is 4.19. The lowest BCUT2D eigenvalue weighted by atomic mass is 9.92. The number of nitrogens with zero attached hydrogens (tertiary/aromatic N) is 1. The molecule has 3 unspecified atom stereocenters. The first-order chi connectivity index (χ1) is 17.7. The van der Waals surface area contributed by atoms with Gasteiger partial charge in [-0.25, -0.2) is 4.79 Å². The molecule has 1 aromatic rings. The number of primary amides is 1. The van der Waals surface area contributed by atoms with E-state index in [-0.39, 0.29) is 18.0 Å². The van der Waals surface area contributed by atoms with Crippen molar-refractivity contribution in [3.8, 4) is 0 Å². The number of carbonyl (C=O) groups excluding carboxylic acids is 4. The summed E-state index contributed by atoms with van der Waals surface area (Å²) in [7, 11) is 0. The van der Waals surface area contributed by atoms with Crippen molar-refractivity contribution in [3.05, 3.63) is 34.9 Å². The van der Waals surface area contributed by atoms with Crippen LogP contribution in [0.4, 0.5) is 4.79 Å². The van der Waals surface area contributed by atoms with Crippen LogP contribution in [0.15, 0.2) is 18.2 Å². The molecule has 0 spiro atoms.